The number of hydrogen-bond donors (Lipinski definition) is 0. The highest BCUT2D eigenvalue weighted by molar-refractivity contribution is 5.93. The van der Waals surface area contributed by atoms with Crippen LogP contribution < -0.4 is 23.8 Å². The molecule has 12 heteroatoms. The van der Waals surface area contributed by atoms with E-state index in [0.29, 0.717) is 48.8 Å². The Morgan fingerprint density at radius 3 is 1.31 bits per heavy atom. The van der Waals surface area contributed by atoms with Gasteiger partial charge in [0.2, 0.25) is 0 Å². The highest BCUT2D eigenvalue weighted by Crippen LogP contribution is 2.25. The molecule has 0 aliphatic rings. The number of nitrogens with zero attached hydrogens (tertiary/aromatic N) is 3. The highest BCUT2D eigenvalue weighted by atomic mass is 16.5. The van der Waals surface area contributed by atoms with Crippen molar-refractivity contribution in [3.63, 3.8) is 0 Å². The van der Waals surface area contributed by atoms with E-state index in [1.54, 1.807) is 48.5 Å². The van der Waals surface area contributed by atoms with Gasteiger partial charge in [-0.3, -0.25) is 4.79 Å². The minimum atomic E-state index is -0.634. The van der Waals surface area contributed by atoms with Crippen LogP contribution in [0.4, 0.5) is 17.1 Å². The van der Waals surface area contributed by atoms with Crippen LogP contribution in [-0.2, 0) is 9.53 Å². The number of carbonyl (C=O) groups is 4. The molecule has 0 radical (unpaired) electrons. The van der Waals surface area contributed by atoms with Crippen LogP contribution in [0.2, 0.25) is 0 Å². The summed E-state index contributed by atoms with van der Waals surface area (Å²) >= 11 is 0. The Bertz CT molecular complexity index is 2130. The van der Waals surface area contributed by atoms with Crippen LogP contribution in [-0.4, -0.2) is 50.2 Å². The number of esters is 4. The zero-order valence-corrected chi connectivity index (χ0v) is 33.1. The fourth-order valence-electron chi connectivity index (χ4n) is 5.39. The van der Waals surface area contributed by atoms with E-state index in [1.807, 2.05) is 38.1 Å². The molecule has 0 aliphatic carbocycles. The minimum Gasteiger partial charge on any atom is -0.494 e. The van der Waals surface area contributed by atoms with Crippen LogP contribution in [0.3, 0.4) is 0 Å². The van der Waals surface area contributed by atoms with Gasteiger partial charge in [-0.25, -0.2) is 14.4 Å². The Morgan fingerprint density at radius 1 is 0.517 bits per heavy atom. The summed E-state index contributed by atoms with van der Waals surface area (Å²) in [6.07, 6.45) is 2.15. The second kappa shape index (κ2) is 21.5. The Morgan fingerprint density at radius 2 is 0.897 bits per heavy atom. The number of carbonyl (C=O) groups excluding carboxylic acids is 4. The minimum absolute atomic E-state index is 0.0979. The van der Waals surface area contributed by atoms with Crippen molar-refractivity contribution in [3.8, 4) is 23.0 Å². The number of anilines is 1. The maximum Gasteiger partial charge on any atom is 0.343 e. The van der Waals surface area contributed by atoms with E-state index >= 15 is 0 Å². The molecule has 0 heterocycles. The summed E-state index contributed by atoms with van der Waals surface area (Å²) in [5, 5.41) is 8.57. The van der Waals surface area contributed by atoms with Gasteiger partial charge in [-0.05, 0) is 154 Å². The normalized spacial score (nSPS) is 11.4. The van der Waals surface area contributed by atoms with E-state index in [-0.39, 0.29) is 34.5 Å². The smallest absolute Gasteiger partial charge is 0.343 e. The molecule has 5 rings (SSSR count). The molecule has 1 unspecified atom stereocenters. The molecule has 0 aliphatic heterocycles. The molecule has 5 aromatic carbocycles. The number of hydrogen-bond acceptors (Lipinski definition) is 12. The summed E-state index contributed by atoms with van der Waals surface area (Å²) in [6, 6.07) is 33.0. The van der Waals surface area contributed by atoms with Gasteiger partial charge in [0.15, 0.2) is 0 Å². The molecule has 0 saturated carbocycles. The van der Waals surface area contributed by atoms with Crippen LogP contribution in [0, 0.1) is 5.92 Å². The number of unbranched alkanes of at least 4 members (excludes halogenated alkanes) is 1. The van der Waals surface area contributed by atoms with Crippen LogP contribution in [0.15, 0.2) is 132 Å². The average molecular weight is 786 g/mol. The number of benzene rings is 5. The van der Waals surface area contributed by atoms with Crippen LogP contribution in [0.25, 0.3) is 0 Å². The second-order valence-electron chi connectivity index (χ2n) is 13.2. The first-order valence-electron chi connectivity index (χ1n) is 19.3. The monoisotopic (exact) mass is 785 g/mol. The highest BCUT2D eigenvalue weighted by Gasteiger charge is 2.15. The third-order valence-corrected chi connectivity index (χ3v) is 9.06. The van der Waals surface area contributed by atoms with E-state index in [9.17, 15) is 19.2 Å². The molecule has 0 fully saturated rings. The van der Waals surface area contributed by atoms with Crippen molar-refractivity contribution in [1.82, 2.24) is 0 Å². The molecule has 5 aromatic rings. The number of ether oxygens (including phenoxy) is 5. The van der Waals surface area contributed by atoms with E-state index in [1.165, 1.54) is 48.5 Å². The second-order valence-corrected chi connectivity index (χ2v) is 13.2. The largest absolute Gasteiger partial charge is 0.494 e. The van der Waals surface area contributed by atoms with Crippen LogP contribution >= 0.6 is 0 Å². The summed E-state index contributed by atoms with van der Waals surface area (Å²) in [4.78, 5) is 52.2. The lowest BCUT2D eigenvalue weighted by atomic mass is 10.1. The van der Waals surface area contributed by atoms with Gasteiger partial charge in [-0.15, -0.1) is 0 Å². The van der Waals surface area contributed by atoms with Crippen molar-refractivity contribution in [2.24, 2.45) is 16.1 Å². The summed E-state index contributed by atoms with van der Waals surface area (Å²) < 4.78 is 27.4. The van der Waals surface area contributed by atoms with E-state index in [4.69, 9.17) is 23.7 Å². The predicted octanol–water partition coefficient (Wildman–Crippen LogP) is 10.4. The third kappa shape index (κ3) is 12.6. The van der Waals surface area contributed by atoms with Crippen molar-refractivity contribution in [1.29, 1.82) is 0 Å². The molecular weight excluding hydrogens is 739 g/mol. The maximum absolute atomic E-state index is 12.8. The standard InChI is InChI=1S/C46H47N3O9/c1-5-32(4)43(50)55-31-9-8-30-54-39-22-10-33(11-23-39)44(51)56-40-24-12-34(13-25-40)45(52)57-41-26-14-35(15-27-41)46(53)58-42-28-18-37(19-29-42)48-47-36-16-20-38(21-17-36)49(6-2)7-3/h10-29,32H,5-9,30-31H2,1-4H3. The van der Waals surface area contributed by atoms with Crippen LogP contribution in [0.5, 0.6) is 23.0 Å². The Hall–Kier alpha value is -6.82. The molecule has 0 aromatic heterocycles. The zero-order valence-electron chi connectivity index (χ0n) is 33.1. The Labute approximate surface area is 338 Å². The van der Waals surface area contributed by atoms with Gasteiger partial charge in [-0.2, -0.15) is 10.2 Å². The van der Waals surface area contributed by atoms with Crippen molar-refractivity contribution in [3.05, 3.63) is 138 Å². The average Bonchev–Trinajstić information content (AvgIpc) is 3.25. The fraction of sp³-hybridized carbons (Fsp3) is 0.261. The van der Waals surface area contributed by atoms with Gasteiger partial charge >= 0.3 is 23.9 Å². The lowest BCUT2D eigenvalue weighted by Crippen LogP contribution is -2.21. The predicted molar refractivity (Wildman–Crippen MR) is 220 cm³/mol. The van der Waals surface area contributed by atoms with Gasteiger partial charge in [0.25, 0.3) is 0 Å². The van der Waals surface area contributed by atoms with Gasteiger partial charge in [0.1, 0.15) is 23.0 Å². The van der Waals surface area contributed by atoms with Crippen molar-refractivity contribution in [2.45, 2.75) is 47.0 Å². The molecule has 12 nitrogen and oxygen atoms in total. The van der Waals surface area contributed by atoms with E-state index in [2.05, 4.69) is 29.0 Å². The summed E-state index contributed by atoms with van der Waals surface area (Å²) in [5.41, 5.74) is 3.28. The molecule has 0 bridgehead atoms. The number of rotatable bonds is 19. The third-order valence-electron chi connectivity index (χ3n) is 9.06. The molecule has 0 amide bonds. The van der Waals surface area contributed by atoms with Gasteiger partial charge in [-0.1, -0.05) is 13.8 Å². The molecule has 300 valence electrons. The lowest BCUT2D eigenvalue weighted by molar-refractivity contribution is -0.148. The first-order chi connectivity index (χ1) is 28.1. The first-order valence-corrected chi connectivity index (χ1v) is 19.3. The molecule has 1 atom stereocenters. The van der Waals surface area contributed by atoms with Crippen LogP contribution in [0.1, 0.15) is 78.0 Å². The number of azo groups is 1. The topological polar surface area (TPSA) is 142 Å². The Balaban J connectivity index is 1.03. The van der Waals surface area contributed by atoms with Crippen molar-refractivity contribution < 1.29 is 42.9 Å². The fourth-order valence-corrected chi connectivity index (χ4v) is 5.39. The summed E-state index contributed by atoms with van der Waals surface area (Å²) in [6.45, 7) is 10.7. The summed E-state index contributed by atoms with van der Waals surface area (Å²) in [5.74, 6) is -0.667. The maximum atomic E-state index is 12.8. The molecule has 0 spiro atoms. The van der Waals surface area contributed by atoms with Crippen molar-refractivity contribution >= 4 is 40.9 Å². The van der Waals surface area contributed by atoms with E-state index in [0.717, 1.165) is 30.9 Å². The lowest BCUT2D eigenvalue weighted by Gasteiger charge is -2.20. The van der Waals surface area contributed by atoms with Crippen molar-refractivity contribution in [2.75, 3.05) is 31.2 Å². The van der Waals surface area contributed by atoms with Gasteiger partial charge in [0, 0.05) is 18.8 Å². The SMILES string of the molecule is CCC(C)C(=O)OCCCCOc1ccc(C(=O)Oc2ccc(C(=O)Oc3ccc(C(=O)Oc4ccc(N=Nc5ccc(N(CC)CC)cc5)cc4)cc3)cc2)cc1. The summed E-state index contributed by atoms with van der Waals surface area (Å²) in [7, 11) is 0. The van der Waals surface area contributed by atoms with Gasteiger partial charge < -0.3 is 28.6 Å². The zero-order chi connectivity index (χ0) is 41.3. The van der Waals surface area contributed by atoms with E-state index < -0.39 is 17.9 Å². The molecular formula is C46H47N3O9. The van der Waals surface area contributed by atoms with Gasteiger partial charge in [0.05, 0.1) is 47.2 Å². The first kappa shape index (κ1) is 42.3. The quantitative estimate of drug-likeness (QED) is 0.0343. The molecule has 58 heavy (non-hydrogen) atoms. The molecule has 0 saturated heterocycles. The Kier molecular flexibility index (Phi) is 15.7. The molecule has 0 N–H and O–H groups in total.